The minimum atomic E-state index is -0.195. The Hall–Kier alpha value is -2.87. The van der Waals surface area contributed by atoms with Crippen LogP contribution in [0.5, 0.6) is 0 Å². The average molecular weight is 438 g/mol. The number of hydrogen-bond donors (Lipinski definition) is 0. The molecular formula is C31H37N2+. The molecule has 2 heteroatoms. The molecule has 0 N–H and O–H groups in total. The second kappa shape index (κ2) is 6.82. The van der Waals surface area contributed by atoms with Gasteiger partial charge in [0.1, 0.15) is 22.6 Å². The second-order valence-corrected chi connectivity index (χ2v) is 11.1. The lowest BCUT2D eigenvalue weighted by molar-refractivity contribution is -0.728. The number of benzene rings is 2. The largest absolute Gasteiger partial charge is 0.290 e. The van der Waals surface area contributed by atoms with Crippen molar-refractivity contribution in [1.82, 2.24) is 4.40 Å². The highest BCUT2D eigenvalue weighted by molar-refractivity contribution is 5.81. The Morgan fingerprint density at radius 2 is 1.36 bits per heavy atom. The maximum Gasteiger partial charge on any atom is 0.290 e. The van der Waals surface area contributed by atoms with Crippen molar-refractivity contribution in [2.45, 2.75) is 80.2 Å². The van der Waals surface area contributed by atoms with Crippen molar-refractivity contribution in [3.63, 3.8) is 0 Å². The van der Waals surface area contributed by atoms with Gasteiger partial charge in [0.2, 0.25) is 0 Å². The molecule has 2 aromatic carbocycles. The van der Waals surface area contributed by atoms with Crippen molar-refractivity contribution in [2.75, 3.05) is 0 Å². The van der Waals surface area contributed by atoms with E-state index in [1.54, 1.807) is 0 Å². The zero-order chi connectivity index (χ0) is 24.0. The van der Waals surface area contributed by atoms with Crippen LogP contribution in [0.3, 0.4) is 0 Å². The molecule has 2 heterocycles. The van der Waals surface area contributed by atoms with E-state index in [0.29, 0.717) is 0 Å². The van der Waals surface area contributed by atoms with Crippen molar-refractivity contribution in [2.24, 2.45) is 0 Å². The highest BCUT2D eigenvalue weighted by Crippen LogP contribution is 2.49. The van der Waals surface area contributed by atoms with E-state index in [2.05, 4.69) is 121 Å². The first-order valence-electron chi connectivity index (χ1n) is 12.2. The lowest BCUT2D eigenvalue weighted by Gasteiger charge is -2.26. The summed E-state index contributed by atoms with van der Waals surface area (Å²) >= 11 is 0. The summed E-state index contributed by atoms with van der Waals surface area (Å²) in [7, 11) is 0. The van der Waals surface area contributed by atoms with Gasteiger partial charge in [0.05, 0.1) is 0 Å². The van der Waals surface area contributed by atoms with Gasteiger partial charge in [-0.15, -0.1) is 0 Å². The van der Waals surface area contributed by atoms with Gasteiger partial charge in [0, 0.05) is 24.8 Å². The molecule has 0 radical (unpaired) electrons. The van der Waals surface area contributed by atoms with Crippen LogP contribution in [0, 0.1) is 41.5 Å². The highest BCUT2D eigenvalue weighted by atomic mass is 15.2. The van der Waals surface area contributed by atoms with Gasteiger partial charge < -0.3 is 0 Å². The molecule has 0 unspecified atom stereocenters. The van der Waals surface area contributed by atoms with Crippen molar-refractivity contribution in [1.29, 1.82) is 0 Å². The molecule has 0 saturated heterocycles. The zero-order valence-electron chi connectivity index (χ0n) is 21.9. The first-order valence-corrected chi connectivity index (χ1v) is 12.2. The molecule has 2 nitrogen and oxygen atoms in total. The maximum absolute atomic E-state index is 2.57. The predicted octanol–water partition coefficient (Wildman–Crippen LogP) is 7.17. The molecule has 5 rings (SSSR count). The van der Waals surface area contributed by atoms with Gasteiger partial charge in [-0.3, -0.25) is 0 Å². The SMILES string of the molecule is Cc1c(C)c(C)n2c(C)c(C)[n+](C(C)(C)c3ccc4c(c3)-c3ccccc3C4(C)C)c2c1C. The molecule has 33 heavy (non-hydrogen) atoms. The number of rotatable bonds is 2. The fourth-order valence-corrected chi connectivity index (χ4v) is 6.29. The van der Waals surface area contributed by atoms with Crippen molar-refractivity contribution < 1.29 is 4.57 Å². The quantitative estimate of drug-likeness (QED) is 0.294. The number of imidazole rings is 1. The first kappa shape index (κ1) is 21.9. The Balaban J connectivity index is 1.80. The number of aryl methyl sites for hydroxylation is 3. The van der Waals surface area contributed by atoms with Crippen LogP contribution in [0.2, 0.25) is 0 Å². The third-order valence-electron chi connectivity index (χ3n) is 8.81. The normalized spacial score (nSPS) is 14.6. The summed E-state index contributed by atoms with van der Waals surface area (Å²) in [6.07, 6.45) is 0. The third-order valence-corrected chi connectivity index (χ3v) is 8.81. The minimum absolute atomic E-state index is 0.0411. The summed E-state index contributed by atoms with van der Waals surface area (Å²) in [6, 6.07) is 16.1. The average Bonchev–Trinajstić information content (AvgIpc) is 3.19. The molecular weight excluding hydrogens is 400 g/mol. The molecule has 0 saturated carbocycles. The van der Waals surface area contributed by atoms with E-state index in [-0.39, 0.29) is 11.0 Å². The van der Waals surface area contributed by atoms with E-state index in [4.69, 9.17) is 0 Å². The van der Waals surface area contributed by atoms with Gasteiger partial charge in [-0.25, -0.2) is 4.57 Å². The highest BCUT2D eigenvalue weighted by Gasteiger charge is 2.40. The van der Waals surface area contributed by atoms with Crippen LogP contribution in [-0.2, 0) is 11.0 Å². The molecule has 0 fully saturated rings. The van der Waals surface area contributed by atoms with Crippen molar-refractivity contribution in [3.05, 3.63) is 92.9 Å². The number of nitrogens with zero attached hydrogens (tertiary/aromatic N) is 2. The number of aromatic nitrogens is 2. The van der Waals surface area contributed by atoms with Crippen LogP contribution in [0.15, 0.2) is 42.5 Å². The van der Waals surface area contributed by atoms with Crippen molar-refractivity contribution >= 4 is 5.65 Å². The van der Waals surface area contributed by atoms with E-state index < -0.39 is 0 Å². The summed E-state index contributed by atoms with van der Waals surface area (Å²) in [5.74, 6) is 0. The van der Waals surface area contributed by atoms with Gasteiger partial charge in [-0.2, -0.15) is 4.40 Å². The molecule has 2 aromatic heterocycles. The fraction of sp³-hybridized carbons (Fsp3) is 0.387. The number of fused-ring (bicyclic) bond motifs is 4. The molecule has 170 valence electrons. The molecule has 4 aromatic rings. The van der Waals surface area contributed by atoms with E-state index in [1.807, 2.05) is 0 Å². The molecule has 0 spiro atoms. The van der Waals surface area contributed by atoms with Crippen molar-refractivity contribution in [3.8, 4) is 11.1 Å². The molecule has 1 aliphatic rings. The number of pyridine rings is 1. The van der Waals surface area contributed by atoms with Crippen LogP contribution in [0.1, 0.15) is 78.2 Å². The Bertz CT molecular complexity index is 1460. The fourth-order valence-electron chi connectivity index (χ4n) is 6.29. The molecule has 0 aliphatic heterocycles. The first-order chi connectivity index (χ1) is 15.4. The molecule has 1 aliphatic carbocycles. The number of hydrogen-bond acceptors (Lipinski definition) is 0. The van der Waals surface area contributed by atoms with Crippen LogP contribution < -0.4 is 4.57 Å². The Morgan fingerprint density at radius 3 is 2.06 bits per heavy atom. The lowest BCUT2D eigenvalue weighted by atomic mass is 9.81. The van der Waals surface area contributed by atoms with Gasteiger partial charge in [-0.1, -0.05) is 50.2 Å². The summed E-state index contributed by atoms with van der Waals surface area (Å²) in [4.78, 5) is 0. The lowest BCUT2D eigenvalue weighted by Crippen LogP contribution is -2.54. The zero-order valence-corrected chi connectivity index (χ0v) is 21.9. The standard InChI is InChI=1S/C31H37N2/c1-18-19(2)21(4)32-22(5)23(6)33(29(32)20(18)3)31(9,10)24-15-16-28-26(17-24)25-13-11-12-14-27(25)30(28,7)8/h11-17H,1-10H3/q+1. The van der Waals surface area contributed by atoms with E-state index >= 15 is 0 Å². The van der Waals surface area contributed by atoms with E-state index in [9.17, 15) is 0 Å². The van der Waals surface area contributed by atoms with E-state index in [0.717, 1.165) is 0 Å². The summed E-state index contributed by atoms with van der Waals surface area (Å²) in [5.41, 5.74) is 16.3. The van der Waals surface area contributed by atoms with Crippen LogP contribution >= 0.6 is 0 Å². The second-order valence-electron chi connectivity index (χ2n) is 11.1. The molecule has 0 amide bonds. The minimum Gasteiger partial charge on any atom is -0.218 e. The smallest absolute Gasteiger partial charge is 0.218 e. The van der Waals surface area contributed by atoms with Crippen LogP contribution in [0.4, 0.5) is 0 Å². The maximum atomic E-state index is 2.57. The van der Waals surface area contributed by atoms with Gasteiger partial charge in [0.15, 0.2) is 0 Å². The summed E-state index contributed by atoms with van der Waals surface area (Å²) in [5, 5.41) is 0. The summed E-state index contributed by atoms with van der Waals surface area (Å²) in [6.45, 7) is 23.0. The Morgan fingerprint density at radius 1 is 0.727 bits per heavy atom. The van der Waals surface area contributed by atoms with Crippen LogP contribution in [-0.4, -0.2) is 4.40 Å². The van der Waals surface area contributed by atoms with Gasteiger partial charge in [-0.05, 0) is 86.6 Å². The predicted molar refractivity (Wildman–Crippen MR) is 138 cm³/mol. The topological polar surface area (TPSA) is 8.29 Å². The Kier molecular flexibility index (Phi) is 4.54. The van der Waals surface area contributed by atoms with Crippen LogP contribution in [0.25, 0.3) is 16.8 Å². The Labute approximate surface area is 198 Å². The molecule has 0 bridgehead atoms. The summed E-state index contributed by atoms with van der Waals surface area (Å²) < 4.78 is 5.05. The van der Waals surface area contributed by atoms with Gasteiger partial charge >= 0.3 is 0 Å². The third kappa shape index (κ3) is 2.70. The van der Waals surface area contributed by atoms with E-state index in [1.165, 1.54) is 67.2 Å². The monoisotopic (exact) mass is 437 g/mol. The molecule has 0 atom stereocenters. The van der Waals surface area contributed by atoms with Gasteiger partial charge in [0.25, 0.3) is 5.65 Å².